The minimum absolute atomic E-state index is 0.461. The normalized spacial score (nSPS) is 17.9. The molecule has 1 aromatic carbocycles. The molecule has 1 N–H and O–H groups in total. The van der Waals surface area contributed by atoms with Gasteiger partial charge in [0.15, 0.2) is 0 Å². The first kappa shape index (κ1) is 14.7. The number of halogens is 1. The van der Waals surface area contributed by atoms with Crippen LogP contribution in [0, 0.1) is 0 Å². The van der Waals surface area contributed by atoms with E-state index in [1.807, 2.05) is 18.2 Å². The van der Waals surface area contributed by atoms with Gasteiger partial charge in [-0.15, -0.1) is 11.8 Å². The van der Waals surface area contributed by atoms with Crippen LogP contribution in [-0.2, 0) is 10.2 Å². The maximum Gasteiger partial charge on any atom is 0.314 e. The molecule has 19 heavy (non-hydrogen) atoms. The van der Waals surface area contributed by atoms with Crippen molar-refractivity contribution in [2.75, 3.05) is 0 Å². The van der Waals surface area contributed by atoms with Crippen LogP contribution in [0.25, 0.3) is 0 Å². The van der Waals surface area contributed by atoms with E-state index in [4.69, 9.17) is 11.6 Å². The molecule has 1 saturated carbocycles. The largest absolute Gasteiger partial charge is 0.481 e. The van der Waals surface area contributed by atoms with Crippen molar-refractivity contribution in [1.29, 1.82) is 0 Å². The number of carboxylic acids is 1. The summed E-state index contributed by atoms with van der Waals surface area (Å²) in [7, 11) is 0. The van der Waals surface area contributed by atoms with Crippen LogP contribution < -0.4 is 0 Å². The van der Waals surface area contributed by atoms with Gasteiger partial charge < -0.3 is 5.11 Å². The molecule has 0 aliphatic heterocycles. The van der Waals surface area contributed by atoms with E-state index < -0.39 is 11.4 Å². The van der Waals surface area contributed by atoms with Crippen LogP contribution in [0.2, 0.25) is 5.02 Å². The maximum atomic E-state index is 11.6. The van der Waals surface area contributed by atoms with Gasteiger partial charge >= 0.3 is 5.97 Å². The van der Waals surface area contributed by atoms with E-state index in [-0.39, 0.29) is 0 Å². The number of aliphatic carboxylic acids is 1. The first-order valence-electron chi connectivity index (χ1n) is 6.66. The van der Waals surface area contributed by atoms with Crippen LogP contribution in [-0.4, -0.2) is 16.3 Å². The first-order chi connectivity index (χ1) is 8.95. The molecule has 0 bridgehead atoms. The Kier molecular flexibility index (Phi) is 4.46. The third-order valence-electron chi connectivity index (χ3n) is 3.71. The van der Waals surface area contributed by atoms with E-state index in [9.17, 15) is 9.90 Å². The van der Waals surface area contributed by atoms with Crippen LogP contribution in [0.5, 0.6) is 0 Å². The topological polar surface area (TPSA) is 37.3 Å². The van der Waals surface area contributed by atoms with E-state index in [2.05, 4.69) is 13.8 Å². The van der Waals surface area contributed by atoms with E-state index in [0.29, 0.717) is 10.3 Å². The molecule has 0 atom stereocenters. The van der Waals surface area contributed by atoms with Crippen molar-refractivity contribution in [3.63, 3.8) is 0 Å². The molecule has 0 saturated heterocycles. The highest BCUT2D eigenvalue weighted by atomic mass is 35.5. The number of rotatable bonds is 4. The maximum absolute atomic E-state index is 11.6. The van der Waals surface area contributed by atoms with Gasteiger partial charge in [0.25, 0.3) is 0 Å². The third-order valence-corrected chi connectivity index (χ3v) is 5.22. The molecule has 0 unspecified atom stereocenters. The Morgan fingerprint density at radius 3 is 2.47 bits per heavy atom. The van der Waals surface area contributed by atoms with Gasteiger partial charge in [-0.25, -0.2) is 0 Å². The lowest BCUT2D eigenvalue weighted by Gasteiger charge is -2.25. The lowest BCUT2D eigenvalue weighted by molar-refractivity contribution is -0.143. The van der Waals surface area contributed by atoms with E-state index in [1.54, 1.807) is 11.8 Å². The number of carbonyl (C=O) groups is 1. The van der Waals surface area contributed by atoms with Crippen molar-refractivity contribution in [1.82, 2.24) is 0 Å². The molecule has 4 heteroatoms. The smallest absolute Gasteiger partial charge is 0.314 e. The average molecular weight is 299 g/mol. The standard InChI is InChI=1S/C15H19ClO2S/c1-10(2)19-13-6-5-11(9-12(13)16)15(14(17)18)7-3-4-8-15/h5-6,9-10H,3-4,7-8H2,1-2H3,(H,17,18). The van der Waals surface area contributed by atoms with Gasteiger partial charge in [-0.3, -0.25) is 4.79 Å². The Bertz CT molecular complexity index is 479. The van der Waals surface area contributed by atoms with E-state index in [1.165, 1.54) is 0 Å². The van der Waals surface area contributed by atoms with Crippen molar-refractivity contribution in [3.8, 4) is 0 Å². The van der Waals surface area contributed by atoms with Crippen LogP contribution in [0.4, 0.5) is 0 Å². The molecular weight excluding hydrogens is 280 g/mol. The van der Waals surface area contributed by atoms with Gasteiger partial charge in [0.1, 0.15) is 0 Å². The van der Waals surface area contributed by atoms with Crippen molar-refractivity contribution in [2.45, 2.75) is 55.1 Å². The summed E-state index contributed by atoms with van der Waals surface area (Å²) in [5.74, 6) is -0.717. The van der Waals surface area contributed by atoms with Crippen molar-refractivity contribution >= 4 is 29.3 Å². The molecule has 1 fully saturated rings. The molecule has 0 amide bonds. The van der Waals surface area contributed by atoms with Gasteiger partial charge in [0, 0.05) is 10.1 Å². The molecule has 1 aliphatic carbocycles. The lowest BCUT2D eigenvalue weighted by atomic mass is 9.79. The molecule has 104 valence electrons. The summed E-state index contributed by atoms with van der Waals surface area (Å²) in [6.07, 6.45) is 3.39. The molecule has 0 radical (unpaired) electrons. The third kappa shape index (κ3) is 2.92. The van der Waals surface area contributed by atoms with Crippen LogP contribution in [0.3, 0.4) is 0 Å². The second kappa shape index (κ2) is 5.76. The van der Waals surface area contributed by atoms with Crippen LogP contribution in [0.1, 0.15) is 45.1 Å². The van der Waals surface area contributed by atoms with Crippen LogP contribution >= 0.6 is 23.4 Å². The summed E-state index contributed by atoms with van der Waals surface area (Å²) in [5.41, 5.74) is 0.139. The van der Waals surface area contributed by atoms with Gasteiger partial charge in [-0.05, 0) is 30.5 Å². The Balaban J connectivity index is 2.35. The molecule has 0 heterocycles. The highest BCUT2D eigenvalue weighted by molar-refractivity contribution is 8.00. The molecule has 0 spiro atoms. The number of benzene rings is 1. The molecule has 2 nitrogen and oxygen atoms in total. The Morgan fingerprint density at radius 1 is 1.37 bits per heavy atom. The fraction of sp³-hybridized carbons (Fsp3) is 0.533. The fourth-order valence-corrected chi connectivity index (χ4v) is 3.89. The predicted octanol–water partition coefficient (Wildman–Crippen LogP) is 4.74. The monoisotopic (exact) mass is 298 g/mol. The summed E-state index contributed by atoms with van der Waals surface area (Å²) in [5, 5.41) is 10.7. The summed E-state index contributed by atoms with van der Waals surface area (Å²) in [6, 6.07) is 5.76. The minimum atomic E-state index is -0.718. The molecule has 1 aliphatic rings. The number of hydrogen-bond acceptors (Lipinski definition) is 2. The molecular formula is C15H19ClO2S. The van der Waals surface area contributed by atoms with Crippen LogP contribution in [0.15, 0.2) is 23.1 Å². The zero-order valence-corrected chi connectivity index (χ0v) is 12.9. The fourth-order valence-electron chi connectivity index (χ4n) is 2.75. The highest BCUT2D eigenvalue weighted by Crippen LogP contribution is 2.43. The molecule has 0 aromatic heterocycles. The number of carboxylic acid groups (broad SMARTS) is 1. The zero-order valence-electron chi connectivity index (χ0n) is 11.3. The average Bonchev–Trinajstić information content (AvgIpc) is 2.81. The predicted molar refractivity (Wildman–Crippen MR) is 80.2 cm³/mol. The Morgan fingerprint density at radius 2 is 2.00 bits per heavy atom. The van der Waals surface area contributed by atoms with Gasteiger partial charge in [-0.1, -0.05) is 44.4 Å². The summed E-state index contributed by atoms with van der Waals surface area (Å²) >= 11 is 8.01. The molecule has 2 rings (SSSR count). The highest BCUT2D eigenvalue weighted by Gasteiger charge is 2.43. The first-order valence-corrected chi connectivity index (χ1v) is 7.91. The van der Waals surface area contributed by atoms with E-state index in [0.717, 1.165) is 36.1 Å². The van der Waals surface area contributed by atoms with Gasteiger partial charge in [0.05, 0.1) is 10.4 Å². The lowest BCUT2D eigenvalue weighted by Crippen LogP contribution is -2.32. The van der Waals surface area contributed by atoms with Gasteiger partial charge in [-0.2, -0.15) is 0 Å². The second-order valence-corrected chi connectivity index (χ2v) is 7.43. The second-order valence-electron chi connectivity index (χ2n) is 5.41. The van der Waals surface area contributed by atoms with Crippen molar-refractivity contribution < 1.29 is 9.90 Å². The summed E-state index contributed by atoms with van der Waals surface area (Å²) in [6.45, 7) is 4.23. The molecule has 1 aromatic rings. The van der Waals surface area contributed by atoms with Crippen molar-refractivity contribution in [2.24, 2.45) is 0 Å². The summed E-state index contributed by atoms with van der Waals surface area (Å²) < 4.78 is 0. The Labute approximate surface area is 123 Å². The number of thioether (sulfide) groups is 1. The summed E-state index contributed by atoms with van der Waals surface area (Å²) in [4.78, 5) is 12.7. The SMILES string of the molecule is CC(C)Sc1ccc(C2(C(=O)O)CCCC2)cc1Cl. The minimum Gasteiger partial charge on any atom is -0.481 e. The van der Waals surface area contributed by atoms with Crippen molar-refractivity contribution in [3.05, 3.63) is 28.8 Å². The number of hydrogen-bond donors (Lipinski definition) is 1. The zero-order chi connectivity index (χ0) is 14.0. The van der Waals surface area contributed by atoms with E-state index >= 15 is 0 Å². The Hall–Kier alpha value is -0.670. The van der Waals surface area contributed by atoms with Gasteiger partial charge in [0.2, 0.25) is 0 Å². The quantitative estimate of drug-likeness (QED) is 0.816.